The standard InChI is InChI=1S/C14H14Cl2N2O/c1-9(13-5-2-10(15)6-14(13)16)17-7-11-3-4-12(19)8-18-11/h2-6,8-9,17,19H,7H2,1H3. The third-order valence-electron chi connectivity index (χ3n) is 2.83. The van der Waals surface area contributed by atoms with Crippen LogP contribution >= 0.6 is 23.2 Å². The van der Waals surface area contributed by atoms with Crippen LogP contribution in [0.25, 0.3) is 0 Å². The topological polar surface area (TPSA) is 45.1 Å². The lowest BCUT2D eigenvalue weighted by molar-refractivity contribution is 0.471. The van der Waals surface area contributed by atoms with Crippen molar-refractivity contribution in [3.8, 4) is 5.75 Å². The van der Waals surface area contributed by atoms with Gasteiger partial charge in [-0.05, 0) is 36.8 Å². The first-order valence-electron chi connectivity index (χ1n) is 5.88. The third-order valence-corrected chi connectivity index (χ3v) is 3.39. The van der Waals surface area contributed by atoms with Crippen molar-refractivity contribution in [2.45, 2.75) is 19.5 Å². The molecule has 0 saturated carbocycles. The van der Waals surface area contributed by atoms with Crippen LogP contribution in [-0.2, 0) is 6.54 Å². The minimum absolute atomic E-state index is 0.0837. The lowest BCUT2D eigenvalue weighted by Gasteiger charge is -2.15. The van der Waals surface area contributed by atoms with Crippen LogP contribution in [0.1, 0.15) is 24.2 Å². The van der Waals surface area contributed by atoms with E-state index >= 15 is 0 Å². The van der Waals surface area contributed by atoms with Gasteiger partial charge in [-0.15, -0.1) is 0 Å². The number of nitrogens with one attached hydrogen (secondary N) is 1. The van der Waals surface area contributed by atoms with Crippen LogP contribution in [0.3, 0.4) is 0 Å². The number of nitrogens with zero attached hydrogens (tertiary/aromatic N) is 1. The lowest BCUT2D eigenvalue weighted by Crippen LogP contribution is -2.19. The minimum Gasteiger partial charge on any atom is -0.506 e. The van der Waals surface area contributed by atoms with Gasteiger partial charge in [0.25, 0.3) is 0 Å². The molecule has 19 heavy (non-hydrogen) atoms. The van der Waals surface area contributed by atoms with E-state index < -0.39 is 0 Å². The first-order valence-corrected chi connectivity index (χ1v) is 6.64. The van der Waals surface area contributed by atoms with Crippen molar-refractivity contribution in [2.75, 3.05) is 0 Å². The Bertz CT molecular complexity index is 558. The SMILES string of the molecule is CC(NCc1ccc(O)cn1)c1ccc(Cl)cc1Cl. The number of aromatic nitrogens is 1. The molecule has 1 aromatic heterocycles. The Hall–Kier alpha value is -1.29. The number of rotatable bonds is 4. The van der Waals surface area contributed by atoms with Gasteiger partial charge >= 0.3 is 0 Å². The van der Waals surface area contributed by atoms with Crippen molar-refractivity contribution in [1.82, 2.24) is 10.3 Å². The quantitative estimate of drug-likeness (QED) is 0.898. The number of benzene rings is 1. The maximum absolute atomic E-state index is 9.16. The second-order valence-electron chi connectivity index (χ2n) is 4.28. The van der Waals surface area contributed by atoms with E-state index in [9.17, 15) is 0 Å². The van der Waals surface area contributed by atoms with Gasteiger partial charge in [0.2, 0.25) is 0 Å². The van der Waals surface area contributed by atoms with Crippen LogP contribution < -0.4 is 5.32 Å². The highest BCUT2D eigenvalue weighted by atomic mass is 35.5. The summed E-state index contributed by atoms with van der Waals surface area (Å²) in [5, 5.41) is 13.8. The number of aromatic hydroxyl groups is 1. The molecular weight excluding hydrogens is 283 g/mol. The zero-order valence-corrected chi connectivity index (χ0v) is 11.9. The van der Waals surface area contributed by atoms with Crippen molar-refractivity contribution in [3.05, 3.63) is 57.8 Å². The van der Waals surface area contributed by atoms with Crippen molar-refractivity contribution < 1.29 is 5.11 Å². The summed E-state index contributed by atoms with van der Waals surface area (Å²) in [5.74, 6) is 0.164. The molecule has 2 N–H and O–H groups in total. The zero-order valence-electron chi connectivity index (χ0n) is 10.4. The van der Waals surface area contributed by atoms with E-state index in [0.717, 1.165) is 11.3 Å². The molecule has 0 aliphatic rings. The predicted molar refractivity (Wildman–Crippen MR) is 77.6 cm³/mol. The molecule has 1 heterocycles. The van der Waals surface area contributed by atoms with Crippen molar-refractivity contribution >= 4 is 23.2 Å². The molecule has 0 fully saturated rings. The second kappa shape index (κ2) is 6.24. The molecule has 100 valence electrons. The number of hydrogen-bond donors (Lipinski definition) is 2. The average molecular weight is 297 g/mol. The smallest absolute Gasteiger partial charge is 0.133 e. The zero-order chi connectivity index (χ0) is 13.8. The first kappa shape index (κ1) is 14.1. The van der Waals surface area contributed by atoms with Crippen molar-refractivity contribution in [3.63, 3.8) is 0 Å². The molecule has 1 unspecified atom stereocenters. The number of halogens is 2. The summed E-state index contributed by atoms with van der Waals surface area (Å²) in [6, 6.07) is 8.94. The van der Waals surface area contributed by atoms with Crippen LogP contribution in [0.4, 0.5) is 0 Å². The molecule has 3 nitrogen and oxygen atoms in total. The summed E-state index contributed by atoms with van der Waals surface area (Å²) in [6.45, 7) is 2.62. The molecule has 5 heteroatoms. The summed E-state index contributed by atoms with van der Waals surface area (Å²) in [7, 11) is 0. The van der Waals surface area contributed by atoms with Crippen LogP contribution in [0.5, 0.6) is 5.75 Å². The van der Waals surface area contributed by atoms with Crippen LogP contribution in [-0.4, -0.2) is 10.1 Å². The Labute approximate surface area is 122 Å². The first-order chi connectivity index (χ1) is 9.06. The Morgan fingerprint density at radius 3 is 2.68 bits per heavy atom. The fourth-order valence-electron chi connectivity index (χ4n) is 1.74. The van der Waals surface area contributed by atoms with E-state index in [-0.39, 0.29) is 11.8 Å². The van der Waals surface area contributed by atoms with Gasteiger partial charge in [0.15, 0.2) is 0 Å². The molecule has 0 amide bonds. The molecule has 2 rings (SSSR count). The monoisotopic (exact) mass is 296 g/mol. The molecule has 1 aromatic carbocycles. The number of pyridine rings is 1. The molecule has 0 bridgehead atoms. The van der Waals surface area contributed by atoms with Gasteiger partial charge in [-0.25, -0.2) is 0 Å². The Kier molecular flexibility index (Phi) is 4.64. The van der Waals surface area contributed by atoms with E-state index in [1.165, 1.54) is 6.20 Å². The summed E-state index contributed by atoms with van der Waals surface area (Å²) < 4.78 is 0. The Morgan fingerprint density at radius 2 is 2.05 bits per heavy atom. The summed E-state index contributed by atoms with van der Waals surface area (Å²) in [6.07, 6.45) is 1.43. The minimum atomic E-state index is 0.0837. The fraction of sp³-hybridized carbons (Fsp3) is 0.214. The molecule has 0 spiro atoms. The van der Waals surface area contributed by atoms with Crippen molar-refractivity contribution in [2.24, 2.45) is 0 Å². The second-order valence-corrected chi connectivity index (χ2v) is 5.12. The molecule has 0 saturated heterocycles. The van der Waals surface area contributed by atoms with Crippen LogP contribution in [0.2, 0.25) is 10.0 Å². The van der Waals surface area contributed by atoms with E-state index in [4.69, 9.17) is 28.3 Å². The van der Waals surface area contributed by atoms with Crippen molar-refractivity contribution in [1.29, 1.82) is 0 Å². The van der Waals surface area contributed by atoms with Gasteiger partial charge in [0.1, 0.15) is 5.75 Å². The van der Waals surface area contributed by atoms with Crippen LogP contribution in [0.15, 0.2) is 36.5 Å². The van der Waals surface area contributed by atoms with E-state index in [1.807, 2.05) is 19.1 Å². The van der Waals surface area contributed by atoms with Gasteiger partial charge in [0.05, 0.1) is 11.9 Å². The lowest BCUT2D eigenvalue weighted by atomic mass is 10.1. The van der Waals surface area contributed by atoms with Crippen LogP contribution in [0, 0.1) is 0 Å². The normalized spacial score (nSPS) is 12.4. The molecule has 2 aromatic rings. The fourth-order valence-corrected chi connectivity index (χ4v) is 2.31. The summed E-state index contributed by atoms with van der Waals surface area (Å²) >= 11 is 12.0. The molecular formula is C14H14Cl2N2O. The third kappa shape index (κ3) is 3.83. The summed E-state index contributed by atoms with van der Waals surface area (Å²) in [4.78, 5) is 4.11. The van der Waals surface area contributed by atoms with Gasteiger partial charge in [-0.3, -0.25) is 4.98 Å². The molecule has 0 radical (unpaired) electrons. The maximum atomic E-state index is 9.16. The molecule has 1 atom stereocenters. The molecule has 0 aliphatic carbocycles. The van der Waals surface area contributed by atoms with Gasteiger partial charge in [-0.1, -0.05) is 29.3 Å². The van der Waals surface area contributed by atoms with E-state index in [1.54, 1.807) is 18.2 Å². The summed E-state index contributed by atoms with van der Waals surface area (Å²) in [5.41, 5.74) is 1.85. The highest BCUT2D eigenvalue weighted by Gasteiger charge is 2.09. The van der Waals surface area contributed by atoms with E-state index in [0.29, 0.717) is 16.6 Å². The van der Waals surface area contributed by atoms with E-state index in [2.05, 4.69) is 10.3 Å². The Morgan fingerprint density at radius 1 is 1.26 bits per heavy atom. The van der Waals surface area contributed by atoms with Gasteiger partial charge < -0.3 is 10.4 Å². The van der Waals surface area contributed by atoms with Gasteiger partial charge in [0, 0.05) is 22.6 Å². The van der Waals surface area contributed by atoms with Gasteiger partial charge in [-0.2, -0.15) is 0 Å². The highest BCUT2D eigenvalue weighted by Crippen LogP contribution is 2.26. The Balaban J connectivity index is 2.01. The average Bonchev–Trinajstić information content (AvgIpc) is 2.37. The largest absolute Gasteiger partial charge is 0.506 e. The number of hydrogen-bond acceptors (Lipinski definition) is 3. The maximum Gasteiger partial charge on any atom is 0.133 e. The molecule has 0 aliphatic heterocycles. The highest BCUT2D eigenvalue weighted by molar-refractivity contribution is 6.35. The predicted octanol–water partition coefficient (Wildman–Crippen LogP) is 3.94.